The molecule has 150 valence electrons. The number of ether oxygens (including phenoxy) is 2. The minimum Gasteiger partial charge on any atom is -0.493 e. The van der Waals surface area contributed by atoms with Crippen molar-refractivity contribution in [3.8, 4) is 16.9 Å². The molecule has 0 fully saturated rings. The fraction of sp³-hybridized carbons (Fsp3) is 0.458. The average molecular weight is 382 g/mol. The molecule has 1 aliphatic rings. The van der Waals surface area contributed by atoms with E-state index >= 15 is 0 Å². The number of rotatable bonds is 6. The van der Waals surface area contributed by atoms with Crippen molar-refractivity contribution in [2.45, 2.75) is 53.6 Å². The fourth-order valence-electron chi connectivity index (χ4n) is 4.17. The number of fused-ring (bicyclic) bond motifs is 1. The number of carbonyl (C=O) groups is 1. The van der Waals surface area contributed by atoms with Crippen molar-refractivity contribution in [1.82, 2.24) is 0 Å². The maximum atomic E-state index is 11.4. The average Bonchev–Trinajstić information content (AvgIpc) is 2.84. The molecule has 28 heavy (non-hydrogen) atoms. The Bertz CT molecular complexity index is 853. The van der Waals surface area contributed by atoms with Gasteiger partial charge in [0.25, 0.3) is 0 Å². The smallest absolute Gasteiger partial charge is 0.405 e. The zero-order valence-corrected chi connectivity index (χ0v) is 17.5. The number of nitrogens with two attached hydrogens (primary N) is 1. The molecule has 0 heterocycles. The van der Waals surface area contributed by atoms with Crippen LogP contribution in [0.1, 0.15) is 57.4 Å². The van der Waals surface area contributed by atoms with Gasteiger partial charge in [-0.05, 0) is 60.1 Å². The zero-order chi connectivity index (χ0) is 20.5. The standard InChI is InChI=1S/C24H31NO3/c1-6-27-21-13-20-18(14-24(4,5)22(20)28-23(25)26)12-19(21)17-9-7-16(8-10-17)11-15(2)3/h7-10,12-13,15,22H,6,11,14H2,1-5H3,(H2,25,26)/t22-/m0/s1. The maximum Gasteiger partial charge on any atom is 0.405 e. The van der Waals surface area contributed by atoms with Crippen molar-refractivity contribution in [2.24, 2.45) is 17.1 Å². The van der Waals surface area contributed by atoms with E-state index in [4.69, 9.17) is 15.2 Å². The van der Waals surface area contributed by atoms with E-state index in [0.29, 0.717) is 12.5 Å². The highest BCUT2D eigenvalue weighted by atomic mass is 16.6. The Labute approximate surface area is 168 Å². The lowest BCUT2D eigenvalue weighted by Gasteiger charge is -2.26. The van der Waals surface area contributed by atoms with Crippen LogP contribution in [0, 0.1) is 11.3 Å². The van der Waals surface area contributed by atoms with Crippen LogP contribution < -0.4 is 10.5 Å². The van der Waals surface area contributed by atoms with Crippen molar-refractivity contribution in [2.75, 3.05) is 6.61 Å². The topological polar surface area (TPSA) is 61.6 Å². The van der Waals surface area contributed by atoms with Gasteiger partial charge < -0.3 is 15.2 Å². The second-order valence-corrected chi connectivity index (χ2v) is 8.76. The lowest BCUT2D eigenvalue weighted by molar-refractivity contribution is 0.0391. The molecule has 1 amide bonds. The Morgan fingerprint density at radius 2 is 1.89 bits per heavy atom. The van der Waals surface area contributed by atoms with Crippen LogP contribution in [0.4, 0.5) is 4.79 Å². The van der Waals surface area contributed by atoms with Crippen molar-refractivity contribution in [1.29, 1.82) is 0 Å². The van der Waals surface area contributed by atoms with Gasteiger partial charge in [0, 0.05) is 11.0 Å². The first-order chi connectivity index (χ1) is 13.2. The van der Waals surface area contributed by atoms with E-state index in [-0.39, 0.29) is 11.5 Å². The van der Waals surface area contributed by atoms with Gasteiger partial charge >= 0.3 is 6.09 Å². The molecule has 4 nitrogen and oxygen atoms in total. The van der Waals surface area contributed by atoms with E-state index in [1.165, 1.54) is 11.1 Å². The van der Waals surface area contributed by atoms with E-state index in [9.17, 15) is 4.79 Å². The van der Waals surface area contributed by atoms with Gasteiger partial charge in [0.1, 0.15) is 11.9 Å². The highest BCUT2D eigenvalue weighted by molar-refractivity contribution is 5.73. The molecular weight excluding hydrogens is 350 g/mol. The zero-order valence-electron chi connectivity index (χ0n) is 17.5. The molecule has 2 aromatic rings. The molecule has 0 unspecified atom stereocenters. The van der Waals surface area contributed by atoms with Crippen molar-refractivity contribution in [3.05, 3.63) is 53.1 Å². The van der Waals surface area contributed by atoms with Gasteiger partial charge in [-0.2, -0.15) is 0 Å². The van der Waals surface area contributed by atoms with Crippen LogP contribution in [-0.4, -0.2) is 12.7 Å². The molecule has 1 aliphatic carbocycles. The van der Waals surface area contributed by atoms with Gasteiger partial charge in [-0.15, -0.1) is 0 Å². The second-order valence-electron chi connectivity index (χ2n) is 8.76. The fourth-order valence-corrected chi connectivity index (χ4v) is 4.17. The van der Waals surface area contributed by atoms with Gasteiger partial charge in [0.05, 0.1) is 6.61 Å². The van der Waals surface area contributed by atoms with E-state index in [1.807, 2.05) is 13.0 Å². The lowest BCUT2D eigenvalue weighted by atomic mass is 9.87. The third-order valence-electron chi connectivity index (χ3n) is 5.32. The number of carbonyl (C=O) groups excluding carboxylic acids is 1. The van der Waals surface area contributed by atoms with E-state index in [2.05, 4.69) is 58.0 Å². The van der Waals surface area contributed by atoms with Crippen LogP contribution in [-0.2, 0) is 17.6 Å². The monoisotopic (exact) mass is 381 g/mol. The van der Waals surface area contributed by atoms with E-state index in [1.54, 1.807) is 0 Å². The Morgan fingerprint density at radius 1 is 1.21 bits per heavy atom. The third kappa shape index (κ3) is 4.16. The van der Waals surface area contributed by atoms with Crippen LogP contribution in [0.25, 0.3) is 11.1 Å². The molecule has 2 N–H and O–H groups in total. The molecule has 4 heteroatoms. The lowest BCUT2D eigenvalue weighted by Crippen LogP contribution is -2.25. The van der Waals surface area contributed by atoms with Crippen LogP contribution in [0.3, 0.4) is 0 Å². The normalized spacial score (nSPS) is 17.4. The Kier molecular flexibility index (Phi) is 5.69. The van der Waals surface area contributed by atoms with Crippen molar-refractivity contribution < 1.29 is 14.3 Å². The minimum absolute atomic E-state index is 0.208. The van der Waals surface area contributed by atoms with Gasteiger partial charge in [0.15, 0.2) is 0 Å². The van der Waals surface area contributed by atoms with Crippen LogP contribution >= 0.6 is 0 Å². The molecule has 0 radical (unpaired) electrons. The van der Waals surface area contributed by atoms with Crippen LogP contribution in [0.5, 0.6) is 5.75 Å². The summed E-state index contributed by atoms with van der Waals surface area (Å²) in [4.78, 5) is 11.4. The number of primary amides is 1. The summed E-state index contributed by atoms with van der Waals surface area (Å²) in [7, 11) is 0. The summed E-state index contributed by atoms with van der Waals surface area (Å²) in [6.45, 7) is 11.2. The molecule has 0 saturated carbocycles. The van der Waals surface area contributed by atoms with E-state index < -0.39 is 6.09 Å². The number of hydrogen-bond acceptors (Lipinski definition) is 3. The van der Waals surface area contributed by atoms with E-state index in [0.717, 1.165) is 35.3 Å². The molecular formula is C24H31NO3. The first kappa shape index (κ1) is 20.2. The van der Waals surface area contributed by atoms with Crippen LogP contribution in [0.2, 0.25) is 0 Å². The largest absolute Gasteiger partial charge is 0.493 e. The summed E-state index contributed by atoms with van der Waals surface area (Å²) < 4.78 is 11.4. The van der Waals surface area contributed by atoms with Crippen molar-refractivity contribution >= 4 is 6.09 Å². The first-order valence-corrected chi connectivity index (χ1v) is 10.1. The summed E-state index contributed by atoms with van der Waals surface area (Å²) >= 11 is 0. The molecule has 2 aromatic carbocycles. The minimum atomic E-state index is -0.742. The molecule has 3 rings (SSSR count). The number of benzene rings is 2. The highest BCUT2D eigenvalue weighted by Gasteiger charge is 2.42. The summed E-state index contributed by atoms with van der Waals surface area (Å²) in [6.07, 6.45) is 0.796. The Balaban J connectivity index is 2.03. The Morgan fingerprint density at radius 3 is 2.46 bits per heavy atom. The summed E-state index contributed by atoms with van der Waals surface area (Å²) in [6, 6.07) is 12.9. The van der Waals surface area contributed by atoms with Gasteiger partial charge in [-0.1, -0.05) is 52.0 Å². The molecule has 1 atom stereocenters. The predicted molar refractivity (Wildman–Crippen MR) is 112 cm³/mol. The summed E-state index contributed by atoms with van der Waals surface area (Å²) in [5, 5.41) is 0. The SMILES string of the molecule is CCOc1cc2c(cc1-c1ccc(CC(C)C)cc1)CC(C)(C)[C@H]2OC(N)=O. The molecule has 0 spiro atoms. The second kappa shape index (κ2) is 7.86. The third-order valence-corrected chi connectivity index (χ3v) is 5.32. The number of hydrogen-bond donors (Lipinski definition) is 1. The Hall–Kier alpha value is -2.49. The molecule has 0 aliphatic heterocycles. The van der Waals surface area contributed by atoms with Gasteiger partial charge in [0.2, 0.25) is 0 Å². The first-order valence-electron chi connectivity index (χ1n) is 10.1. The maximum absolute atomic E-state index is 11.4. The quantitative estimate of drug-likeness (QED) is 0.701. The van der Waals surface area contributed by atoms with Crippen LogP contribution in [0.15, 0.2) is 36.4 Å². The van der Waals surface area contributed by atoms with Gasteiger partial charge in [-0.25, -0.2) is 4.79 Å². The molecule has 0 bridgehead atoms. The van der Waals surface area contributed by atoms with Gasteiger partial charge in [-0.3, -0.25) is 0 Å². The number of amides is 1. The predicted octanol–water partition coefficient (Wildman–Crippen LogP) is 5.67. The highest BCUT2D eigenvalue weighted by Crippen LogP contribution is 2.50. The molecule has 0 aromatic heterocycles. The summed E-state index contributed by atoms with van der Waals surface area (Å²) in [5.74, 6) is 1.45. The molecule has 0 saturated heterocycles. The van der Waals surface area contributed by atoms with Crippen molar-refractivity contribution in [3.63, 3.8) is 0 Å². The summed E-state index contributed by atoms with van der Waals surface area (Å²) in [5.41, 5.74) is 10.8.